The number of rotatable bonds is 3. The molecule has 4 aliphatic rings. The summed E-state index contributed by atoms with van der Waals surface area (Å²) >= 11 is 0. The van der Waals surface area contributed by atoms with Crippen LogP contribution in [0.3, 0.4) is 0 Å². The fraction of sp³-hybridized carbons (Fsp3) is 0.905. The first kappa shape index (κ1) is 19.2. The highest BCUT2D eigenvalue weighted by Gasteiger charge is 2.69. The van der Waals surface area contributed by atoms with Gasteiger partial charge in [0.05, 0.1) is 18.6 Å². The molecule has 0 saturated carbocycles. The van der Waals surface area contributed by atoms with Crippen molar-refractivity contribution in [2.24, 2.45) is 11.8 Å². The van der Waals surface area contributed by atoms with Gasteiger partial charge in [0.25, 0.3) is 0 Å². The lowest BCUT2D eigenvalue weighted by Crippen LogP contribution is -2.56. The molecule has 4 rings (SSSR count). The fourth-order valence-electron chi connectivity index (χ4n) is 6.24. The highest BCUT2D eigenvalue weighted by molar-refractivity contribution is 5.85. The maximum absolute atomic E-state index is 13.2. The van der Waals surface area contributed by atoms with Crippen LogP contribution in [0, 0.1) is 11.8 Å². The van der Waals surface area contributed by atoms with Gasteiger partial charge < -0.3 is 14.4 Å². The first-order valence-corrected chi connectivity index (χ1v) is 10.5. The quantitative estimate of drug-likeness (QED) is 0.705. The number of hydrogen-bond donors (Lipinski definition) is 0. The summed E-state index contributed by atoms with van der Waals surface area (Å²) in [6, 6.07) is 0. The molecule has 5 unspecified atom stereocenters. The molecule has 1 amide bonds. The smallest absolute Gasteiger partial charge is 0.320 e. The molecule has 0 aliphatic carbocycles. The topological polar surface area (TPSA) is 59.1 Å². The zero-order chi connectivity index (χ0) is 19.6. The minimum Gasteiger partial charge on any atom is -0.459 e. The largest absolute Gasteiger partial charge is 0.459 e. The van der Waals surface area contributed by atoms with Crippen LogP contribution < -0.4 is 0 Å². The fourth-order valence-corrected chi connectivity index (χ4v) is 6.24. The second kappa shape index (κ2) is 6.45. The summed E-state index contributed by atoms with van der Waals surface area (Å²) in [5.74, 6) is 0.0320. The molecule has 0 N–H and O–H groups in total. The van der Waals surface area contributed by atoms with Gasteiger partial charge in [-0.1, -0.05) is 6.42 Å². The van der Waals surface area contributed by atoms with E-state index in [4.69, 9.17) is 9.47 Å². The van der Waals surface area contributed by atoms with Crippen LogP contribution >= 0.6 is 0 Å². The molecular formula is C21H34N2O4. The Balaban J connectivity index is 1.45. The van der Waals surface area contributed by atoms with Gasteiger partial charge in [-0.25, -0.2) is 0 Å². The highest BCUT2D eigenvalue weighted by Crippen LogP contribution is 2.57. The highest BCUT2D eigenvalue weighted by atomic mass is 16.6. The van der Waals surface area contributed by atoms with Crippen molar-refractivity contribution in [3.05, 3.63) is 0 Å². The molecule has 4 aliphatic heterocycles. The number of likely N-dealkylation sites (tertiary alicyclic amines) is 2. The van der Waals surface area contributed by atoms with E-state index >= 15 is 0 Å². The summed E-state index contributed by atoms with van der Waals surface area (Å²) in [5, 5.41) is 0. The number of ether oxygens (including phenoxy) is 2. The monoisotopic (exact) mass is 378 g/mol. The number of fused-ring (bicyclic) bond motifs is 5. The molecule has 4 heterocycles. The van der Waals surface area contributed by atoms with E-state index in [-0.39, 0.29) is 53.1 Å². The predicted molar refractivity (Wildman–Crippen MR) is 101 cm³/mol. The number of amides is 1. The standard InChI is InChI=1S/C21H34N2O4/c1-20(2,3)23-19(25)16-13-11-14(18(27-13)17(16)21(23,4)5)26-15(24)12-22-9-7-6-8-10-22/h13-14,16-18H,6-12H2,1-5H3. The van der Waals surface area contributed by atoms with Crippen LogP contribution in [-0.2, 0) is 19.1 Å². The molecule has 0 aromatic carbocycles. The van der Waals surface area contributed by atoms with Crippen molar-refractivity contribution in [1.82, 2.24) is 9.80 Å². The van der Waals surface area contributed by atoms with Crippen LogP contribution in [0.25, 0.3) is 0 Å². The molecule has 4 saturated heterocycles. The van der Waals surface area contributed by atoms with Crippen LogP contribution in [0.4, 0.5) is 0 Å². The maximum Gasteiger partial charge on any atom is 0.320 e. The lowest BCUT2D eigenvalue weighted by atomic mass is 9.72. The number of nitrogens with zero attached hydrogens (tertiary/aromatic N) is 2. The van der Waals surface area contributed by atoms with Gasteiger partial charge >= 0.3 is 5.97 Å². The van der Waals surface area contributed by atoms with Crippen LogP contribution in [0.2, 0.25) is 0 Å². The van der Waals surface area contributed by atoms with Gasteiger partial charge in [0.1, 0.15) is 12.2 Å². The van der Waals surface area contributed by atoms with E-state index in [0.717, 1.165) is 25.9 Å². The second-order valence-electron chi connectivity index (χ2n) is 10.3. The van der Waals surface area contributed by atoms with Crippen LogP contribution in [0.15, 0.2) is 0 Å². The van der Waals surface area contributed by atoms with E-state index in [1.54, 1.807) is 0 Å². The zero-order valence-electron chi connectivity index (χ0n) is 17.4. The Morgan fingerprint density at radius 1 is 1.22 bits per heavy atom. The Bertz CT molecular complexity index is 620. The average Bonchev–Trinajstić information content (AvgIpc) is 3.17. The van der Waals surface area contributed by atoms with Gasteiger partial charge in [-0.05, 0) is 60.5 Å². The van der Waals surface area contributed by atoms with Crippen molar-refractivity contribution in [2.75, 3.05) is 19.6 Å². The third-order valence-electron chi connectivity index (χ3n) is 6.96. The Kier molecular flexibility index (Phi) is 4.58. The van der Waals surface area contributed by atoms with Crippen LogP contribution in [0.5, 0.6) is 0 Å². The molecule has 0 spiro atoms. The van der Waals surface area contributed by atoms with Gasteiger partial charge in [0.15, 0.2) is 0 Å². The Hall–Kier alpha value is -1.14. The van der Waals surface area contributed by atoms with Crippen LogP contribution in [0.1, 0.15) is 60.3 Å². The van der Waals surface area contributed by atoms with Crippen LogP contribution in [-0.4, -0.2) is 70.7 Å². The number of piperidine rings is 1. The van der Waals surface area contributed by atoms with Crippen molar-refractivity contribution in [3.63, 3.8) is 0 Å². The molecular weight excluding hydrogens is 344 g/mol. The molecule has 27 heavy (non-hydrogen) atoms. The molecule has 0 radical (unpaired) electrons. The van der Waals surface area contributed by atoms with Gasteiger partial charge in [-0.3, -0.25) is 14.5 Å². The number of hydrogen-bond acceptors (Lipinski definition) is 5. The summed E-state index contributed by atoms with van der Waals surface area (Å²) in [5.41, 5.74) is -0.540. The van der Waals surface area contributed by atoms with Gasteiger partial charge in [-0.2, -0.15) is 0 Å². The Morgan fingerprint density at radius 3 is 2.52 bits per heavy atom. The molecule has 0 aromatic rings. The molecule has 2 bridgehead atoms. The third kappa shape index (κ3) is 3.09. The van der Waals surface area contributed by atoms with E-state index in [1.165, 1.54) is 6.42 Å². The van der Waals surface area contributed by atoms with Crippen molar-refractivity contribution in [1.29, 1.82) is 0 Å². The minimum atomic E-state index is -0.308. The van der Waals surface area contributed by atoms with E-state index in [0.29, 0.717) is 13.0 Å². The van der Waals surface area contributed by atoms with E-state index in [2.05, 4.69) is 39.5 Å². The van der Waals surface area contributed by atoms with Crippen molar-refractivity contribution in [2.45, 2.75) is 89.7 Å². The average molecular weight is 379 g/mol. The molecule has 152 valence electrons. The third-order valence-corrected chi connectivity index (χ3v) is 6.96. The first-order valence-electron chi connectivity index (χ1n) is 10.5. The van der Waals surface area contributed by atoms with Gasteiger partial charge in [-0.15, -0.1) is 0 Å². The summed E-state index contributed by atoms with van der Waals surface area (Å²) in [6.45, 7) is 12.9. The van der Waals surface area contributed by atoms with E-state index in [9.17, 15) is 9.59 Å². The van der Waals surface area contributed by atoms with Gasteiger partial charge in [0, 0.05) is 23.4 Å². The molecule has 6 heteroatoms. The summed E-state index contributed by atoms with van der Waals surface area (Å²) in [6.07, 6.45) is 3.71. The summed E-state index contributed by atoms with van der Waals surface area (Å²) in [7, 11) is 0. The minimum absolute atomic E-state index is 0.0794. The second-order valence-corrected chi connectivity index (χ2v) is 10.3. The summed E-state index contributed by atoms with van der Waals surface area (Å²) < 4.78 is 12.0. The summed E-state index contributed by atoms with van der Waals surface area (Å²) in [4.78, 5) is 29.9. The molecule has 5 atom stereocenters. The Labute approximate surface area is 162 Å². The Morgan fingerprint density at radius 2 is 1.89 bits per heavy atom. The predicted octanol–water partition coefficient (Wildman–Crippen LogP) is 2.21. The zero-order valence-corrected chi connectivity index (χ0v) is 17.4. The lowest BCUT2D eigenvalue weighted by molar-refractivity contribution is -0.155. The van der Waals surface area contributed by atoms with Crippen molar-refractivity contribution < 1.29 is 19.1 Å². The SMILES string of the molecule is CC(C)(C)N1C(=O)C2C3CC(OC(=O)CN4CCCCC4)C(O3)C2C1(C)C. The van der Waals surface area contributed by atoms with Crippen molar-refractivity contribution in [3.8, 4) is 0 Å². The van der Waals surface area contributed by atoms with E-state index < -0.39 is 0 Å². The number of carbonyl (C=O) groups is 2. The van der Waals surface area contributed by atoms with E-state index in [1.807, 2.05) is 4.90 Å². The first-order chi connectivity index (χ1) is 12.6. The maximum atomic E-state index is 13.2. The normalized spacial score (nSPS) is 38.3. The number of esters is 1. The van der Waals surface area contributed by atoms with Crippen molar-refractivity contribution >= 4 is 11.9 Å². The molecule has 4 fully saturated rings. The molecule has 0 aromatic heterocycles. The number of carbonyl (C=O) groups excluding carboxylic acids is 2. The lowest BCUT2D eigenvalue weighted by Gasteiger charge is -2.45. The molecule has 6 nitrogen and oxygen atoms in total. The van der Waals surface area contributed by atoms with Gasteiger partial charge in [0.2, 0.25) is 5.91 Å².